The maximum absolute atomic E-state index is 11.4. The van der Waals surface area contributed by atoms with Crippen LogP contribution in [0.3, 0.4) is 0 Å². The molecular formula is C42H21N9. The largest absolute Gasteiger partial charge is 0.306 e. The first kappa shape index (κ1) is 28.2. The molecule has 234 valence electrons. The van der Waals surface area contributed by atoms with Crippen molar-refractivity contribution >= 4 is 65.4 Å². The van der Waals surface area contributed by atoms with Crippen LogP contribution in [-0.2, 0) is 0 Å². The molecule has 0 amide bonds. The van der Waals surface area contributed by atoms with Crippen LogP contribution in [0.25, 0.3) is 82.5 Å². The van der Waals surface area contributed by atoms with E-state index in [4.69, 9.17) is 0 Å². The topological polar surface area (TPSA) is 125 Å². The molecule has 51 heavy (non-hydrogen) atoms. The van der Waals surface area contributed by atoms with Gasteiger partial charge in [-0.25, -0.2) is 0 Å². The molecule has 0 atom stereocenters. The lowest BCUT2D eigenvalue weighted by Crippen LogP contribution is -2.14. The maximum Gasteiger partial charge on any atom is 0.104 e. The van der Waals surface area contributed by atoms with Gasteiger partial charge in [0.05, 0.1) is 50.2 Å². The quantitative estimate of drug-likeness (QED) is 0.188. The van der Waals surface area contributed by atoms with E-state index < -0.39 is 0 Å². The Morgan fingerprint density at radius 1 is 0.353 bits per heavy atom. The van der Waals surface area contributed by atoms with Gasteiger partial charge in [-0.15, -0.1) is 0 Å². The Bertz CT molecular complexity index is 2720. The second kappa shape index (κ2) is 10.6. The fourth-order valence-corrected chi connectivity index (χ4v) is 7.87. The second-order valence-electron chi connectivity index (χ2n) is 12.2. The number of rotatable bonds is 3. The molecule has 6 heterocycles. The molecule has 0 aliphatic carbocycles. The first-order valence-electron chi connectivity index (χ1n) is 16.2. The highest BCUT2D eigenvalue weighted by atomic mass is 15.1. The van der Waals surface area contributed by atoms with Gasteiger partial charge >= 0.3 is 0 Å². The van der Waals surface area contributed by atoms with Crippen molar-refractivity contribution in [2.45, 2.75) is 0 Å². The van der Waals surface area contributed by atoms with Crippen LogP contribution in [-0.4, -0.2) is 28.7 Å². The van der Waals surface area contributed by atoms with E-state index in [-0.39, 0.29) is 16.7 Å². The summed E-state index contributed by atoms with van der Waals surface area (Å²) in [5.74, 6) is 0. The molecule has 10 rings (SSSR count). The van der Waals surface area contributed by atoms with Crippen molar-refractivity contribution in [3.8, 4) is 35.3 Å². The molecule has 0 N–H and O–H groups in total. The lowest BCUT2D eigenvalue weighted by atomic mass is 9.96. The summed E-state index contributed by atoms with van der Waals surface area (Å²) in [4.78, 5) is 13.3. The van der Waals surface area contributed by atoms with E-state index in [0.29, 0.717) is 17.1 Å². The Morgan fingerprint density at radius 3 is 0.922 bits per heavy atom. The number of para-hydroxylation sites is 3. The number of benzene rings is 4. The zero-order valence-corrected chi connectivity index (χ0v) is 26.6. The summed E-state index contributed by atoms with van der Waals surface area (Å²) in [7, 11) is 0. The molecule has 0 saturated carbocycles. The number of pyridine rings is 3. The van der Waals surface area contributed by atoms with E-state index in [1.165, 1.54) is 0 Å². The van der Waals surface area contributed by atoms with Crippen molar-refractivity contribution in [3.05, 3.63) is 145 Å². The number of nitriles is 3. The lowest BCUT2D eigenvalue weighted by molar-refractivity contribution is 1.06. The van der Waals surface area contributed by atoms with E-state index in [1.54, 1.807) is 37.2 Å². The van der Waals surface area contributed by atoms with Crippen molar-refractivity contribution in [2.24, 2.45) is 0 Å². The van der Waals surface area contributed by atoms with Crippen molar-refractivity contribution in [3.63, 3.8) is 0 Å². The number of nitrogens with zero attached hydrogens (tertiary/aromatic N) is 9. The van der Waals surface area contributed by atoms with E-state index in [1.807, 2.05) is 105 Å². The highest BCUT2D eigenvalue weighted by Crippen LogP contribution is 2.44. The van der Waals surface area contributed by atoms with Gasteiger partial charge in [-0.1, -0.05) is 54.6 Å². The number of hydrogen-bond acceptors (Lipinski definition) is 6. The molecule has 0 unspecified atom stereocenters. The molecule has 0 bridgehead atoms. The van der Waals surface area contributed by atoms with E-state index >= 15 is 0 Å². The summed E-state index contributed by atoms with van der Waals surface area (Å²) in [6.07, 6.45) is 10.5. The first-order chi connectivity index (χ1) is 25.2. The third kappa shape index (κ3) is 3.68. The zero-order chi connectivity index (χ0) is 34.2. The normalized spacial score (nSPS) is 11.5. The third-order valence-corrected chi connectivity index (χ3v) is 9.85. The monoisotopic (exact) mass is 651 g/mol. The molecule has 0 fully saturated rings. The van der Waals surface area contributed by atoms with Crippen LogP contribution in [0.15, 0.2) is 128 Å². The summed E-state index contributed by atoms with van der Waals surface area (Å²) >= 11 is 0. The number of fused-ring (bicyclic) bond motifs is 9. The smallest absolute Gasteiger partial charge is 0.104 e. The zero-order valence-electron chi connectivity index (χ0n) is 26.6. The van der Waals surface area contributed by atoms with Crippen LogP contribution in [0.5, 0.6) is 0 Å². The van der Waals surface area contributed by atoms with Crippen molar-refractivity contribution in [2.75, 3.05) is 0 Å². The first-order valence-corrected chi connectivity index (χ1v) is 16.2. The minimum Gasteiger partial charge on any atom is -0.306 e. The molecule has 10 aromatic rings. The third-order valence-electron chi connectivity index (χ3n) is 9.85. The van der Waals surface area contributed by atoms with Crippen LogP contribution >= 0.6 is 0 Å². The molecule has 4 aromatic carbocycles. The lowest BCUT2D eigenvalue weighted by Gasteiger charge is -2.23. The summed E-state index contributed by atoms with van der Waals surface area (Å²) < 4.78 is 5.92. The van der Waals surface area contributed by atoms with Gasteiger partial charge in [-0.2, -0.15) is 15.8 Å². The van der Waals surface area contributed by atoms with E-state index in [9.17, 15) is 15.8 Å². The average molecular weight is 652 g/mol. The summed E-state index contributed by atoms with van der Waals surface area (Å²) in [5.41, 5.74) is 6.42. The molecule has 9 heteroatoms. The van der Waals surface area contributed by atoms with Crippen LogP contribution in [0.1, 0.15) is 16.7 Å². The highest BCUT2D eigenvalue weighted by molar-refractivity contribution is 6.13. The molecule has 0 aliphatic heterocycles. The molecule has 0 saturated heterocycles. The Hall–Kier alpha value is -7.80. The minimum atomic E-state index is 0.188. The van der Waals surface area contributed by atoms with Crippen molar-refractivity contribution in [1.82, 2.24) is 28.7 Å². The van der Waals surface area contributed by atoms with Gasteiger partial charge in [0.15, 0.2) is 0 Å². The van der Waals surface area contributed by atoms with Gasteiger partial charge in [0.2, 0.25) is 0 Å². The Kier molecular flexibility index (Phi) is 5.87. The molecule has 9 nitrogen and oxygen atoms in total. The van der Waals surface area contributed by atoms with Crippen molar-refractivity contribution in [1.29, 1.82) is 15.8 Å². The molecule has 0 radical (unpaired) electrons. The second-order valence-corrected chi connectivity index (χ2v) is 12.2. The van der Waals surface area contributed by atoms with Gasteiger partial charge in [-0.3, -0.25) is 15.0 Å². The number of aromatic nitrogens is 6. The van der Waals surface area contributed by atoms with Gasteiger partial charge in [0, 0.05) is 69.5 Å². The Morgan fingerprint density at radius 2 is 0.627 bits per heavy atom. The molecular weight excluding hydrogens is 631 g/mol. The fourth-order valence-electron chi connectivity index (χ4n) is 7.87. The van der Waals surface area contributed by atoms with Crippen molar-refractivity contribution < 1.29 is 0 Å². The SMILES string of the molecule is N#Cc1c(-n2c3ccccc3c3cnccc32)c(C#N)c(-n2c3ccccc3c3cnccc32)c(C#N)c1-n1c2ccccc2c2cnccc21. The van der Waals surface area contributed by atoms with Crippen LogP contribution < -0.4 is 0 Å². The summed E-state index contributed by atoms with van der Waals surface area (Å²) in [5, 5.41) is 39.5. The Labute approximate surface area is 289 Å². The molecule has 0 aliphatic rings. The van der Waals surface area contributed by atoms with Crippen LogP contribution in [0.2, 0.25) is 0 Å². The van der Waals surface area contributed by atoms with Gasteiger partial charge < -0.3 is 13.7 Å². The van der Waals surface area contributed by atoms with Crippen LogP contribution in [0, 0.1) is 34.0 Å². The van der Waals surface area contributed by atoms with Crippen LogP contribution in [0.4, 0.5) is 0 Å². The summed E-state index contributed by atoms with van der Waals surface area (Å²) in [6, 6.07) is 36.9. The number of hydrogen-bond donors (Lipinski definition) is 0. The maximum atomic E-state index is 11.4. The van der Waals surface area contributed by atoms with Gasteiger partial charge in [0.25, 0.3) is 0 Å². The van der Waals surface area contributed by atoms with E-state index in [2.05, 4.69) is 33.2 Å². The highest BCUT2D eigenvalue weighted by Gasteiger charge is 2.32. The predicted octanol–water partition coefficient (Wildman–Crippen LogP) is 8.78. The predicted molar refractivity (Wildman–Crippen MR) is 197 cm³/mol. The molecule has 0 spiro atoms. The minimum absolute atomic E-state index is 0.188. The fraction of sp³-hybridized carbons (Fsp3) is 0. The van der Waals surface area contributed by atoms with Gasteiger partial charge in [-0.05, 0) is 36.4 Å². The average Bonchev–Trinajstić information content (AvgIpc) is 3.82. The molecule has 6 aromatic heterocycles. The Balaban J connectivity index is 1.53. The summed E-state index contributed by atoms with van der Waals surface area (Å²) in [6.45, 7) is 0. The van der Waals surface area contributed by atoms with E-state index in [0.717, 1.165) is 65.4 Å². The standard InChI is InChI=1S/C42H21N9/c43-19-28-40(49-34-10-4-1-7-25(34)31-22-46-16-13-37(31)49)29(20-44)42(51-36-12-6-3-9-27(36)33-24-48-18-15-39(33)51)30(21-45)41(28)50-35-11-5-2-8-26(35)32-23-47-17-14-38(32)50/h1-18,22-24H. The van der Waals surface area contributed by atoms with Gasteiger partial charge in [0.1, 0.15) is 34.9 Å².